The van der Waals surface area contributed by atoms with Crippen molar-refractivity contribution in [3.63, 3.8) is 0 Å². The van der Waals surface area contributed by atoms with Crippen LogP contribution in [0.4, 0.5) is 0 Å². The molecule has 1 aromatic rings. The Labute approximate surface area is 117 Å². The van der Waals surface area contributed by atoms with Crippen LogP contribution in [-0.2, 0) is 13.1 Å². The summed E-state index contributed by atoms with van der Waals surface area (Å²) in [6, 6.07) is 0. The topological polar surface area (TPSA) is 34.0 Å². The van der Waals surface area contributed by atoms with Gasteiger partial charge in [0.2, 0.25) is 0 Å². The molecule has 0 N–H and O–H groups in total. The van der Waals surface area contributed by atoms with E-state index < -0.39 is 0 Å². The van der Waals surface area contributed by atoms with Crippen molar-refractivity contribution in [3.05, 3.63) is 11.9 Å². The molecule has 0 atom stereocenters. The number of piperidine rings is 1. The molecule has 4 heteroatoms. The lowest BCUT2D eigenvalue weighted by Crippen LogP contribution is -2.36. The van der Waals surface area contributed by atoms with E-state index in [0.29, 0.717) is 5.92 Å². The van der Waals surface area contributed by atoms with Gasteiger partial charge in [-0.15, -0.1) is 5.10 Å². The van der Waals surface area contributed by atoms with Crippen LogP contribution >= 0.6 is 0 Å². The van der Waals surface area contributed by atoms with Crippen LogP contribution in [0.1, 0.15) is 46.2 Å². The highest BCUT2D eigenvalue weighted by Crippen LogP contribution is 2.24. The Morgan fingerprint density at radius 2 is 1.89 bits per heavy atom. The normalized spacial score (nSPS) is 18.6. The Balaban J connectivity index is 1.80. The molecule has 0 aliphatic carbocycles. The maximum Gasteiger partial charge on any atom is 0.0946 e. The van der Waals surface area contributed by atoms with Crippen LogP contribution in [0.2, 0.25) is 0 Å². The average Bonchev–Trinajstić information content (AvgIpc) is 2.76. The number of nitrogens with zero attached hydrogens (tertiary/aromatic N) is 4. The first kappa shape index (κ1) is 14.5. The quantitative estimate of drug-likeness (QED) is 0.820. The zero-order valence-electron chi connectivity index (χ0n) is 12.8. The second-order valence-corrected chi connectivity index (χ2v) is 6.69. The fraction of sp³-hybridized carbons (Fsp3) is 0.867. The van der Waals surface area contributed by atoms with Gasteiger partial charge < -0.3 is 0 Å². The first-order chi connectivity index (χ1) is 9.04. The van der Waals surface area contributed by atoms with E-state index in [4.69, 9.17) is 0 Å². The highest BCUT2D eigenvalue weighted by Gasteiger charge is 2.21. The second kappa shape index (κ2) is 6.51. The molecule has 2 rings (SSSR count). The molecule has 19 heavy (non-hydrogen) atoms. The summed E-state index contributed by atoms with van der Waals surface area (Å²) in [6.45, 7) is 12.4. The minimum Gasteiger partial charge on any atom is -0.284 e. The lowest BCUT2D eigenvalue weighted by atomic mass is 9.87. The molecule has 1 aromatic heterocycles. The van der Waals surface area contributed by atoms with Crippen molar-refractivity contribution in [3.8, 4) is 0 Å². The molecule has 4 nitrogen and oxygen atoms in total. The Bertz CT molecular complexity index is 375. The van der Waals surface area contributed by atoms with Gasteiger partial charge in [0.1, 0.15) is 0 Å². The molecule has 0 amide bonds. The number of hydrogen-bond donors (Lipinski definition) is 0. The lowest BCUT2D eigenvalue weighted by Gasteiger charge is -2.33. The second-order valence-electron chi connectivity index (χ2n) is 6.69. The molecule has 108 valence electrons. The molecule has 1 aliphatic rings. The summed E-state index contributed by atoms with van der Waals surface area (Å²) in [5.41, 5.74) is 1.12. The van der Waals surface area contributed by atoms with Gasteiger partial charge in [0, 0.05) is 19.3 Å². The fourth-order valence-corrected chi connectivity index (χ4v) is 2.89. The summed E-state index contributed by atoms with van der Waals surface area (Å²) in [5.74, 6) is 2.38. The van der Waals surface area contributed by atoms with E-state index >= 15 is 0 Å². The summed E-state index contributed by atoms with van der Waals surface area (Å²) in [7, 11) is 0. The van der Waals surface area contributed by atoms with E-state index in [9.17, 15) is 0 Å². The van der Waals surface area contributed by atoms with Crippen LogP contribution in [0.25, 0.3) is 0 Å². The SMILES string of the molecule is CC(C)Cc1cn(CN2CCC(C(C)C)CC2)nn1. The van der Waals surface area contributed by atoms with Crippen molar-refractivity contribution in [1.82, 2.24) is 19.9 Å². The maximum atomic E-state index is 4.25. The van der Waals surface area contributed by atoms with Gasteiger partial charge in [-0.2, -0.15) is 0 Å². The first-order valence-corrected chi connectivity index (χ1v) is 7.66. The van der Waals surface area contributed by atoms with E-state index in [0.717, 1.165) is 30.6 Å². The van der Waals surface area contributed by atoms with Crippen molar-refractivity contribution in [2.24, 2.45) is 17.8 Å². The standard InChI is InChI=1S/C15H28N4/c1-12(2)9-15-10-19(17-16-15)11-18-7-5-14(6-8-18)13(3)4/h10,12-14H,5-9,11H2,1-4H3. The van der Waals surface area contributed by atoms with E-state index in [2.05, 4.69) is 49.1 Å². The molecular weight excluding hydrogens is 236 g/mol. The van der Waals surface area contributed by atoms with Crippen molar-refractivity contribution in [2.75, 3.05) is 13.1 Å². The third-order valence-electron chi connectivity index (χ3n) is 4.12. The third kappa shape index (κ3) is 4.30. The van der Waals surface area contributed by atoms with Crippen LogP contribution in [0, 0.1) is 17.8 Å². The molecule has 0 saturated carbocycles. The maximum absolute atomic E-state index is 4.25. The molecule has 0 radical (unpaired) electrons. The van der Waals surface area contributed by atoms with Gasteiger partial charge >= 0.3 is 0 Å². The van der Waals surface area contributed by atoms with Crippen LogP contribution in [0.5, 0.6) is 0 Å². The summed E-state index contributed by atoms with van der Waals surface area (Å²) in [5, 5.41) is 8.49. The number of rotatable bonds is 5. The van der Waals surface area contributed by atoms with Crippen molar-refractivity contribution in [2.45, 2.75) is 53.6 Å². The van der Waals surface area contributed by atoms with Crippen molar-refractivity contribution >= 4 is 0 Å². The van der Waals surface area contributed by atoms with Gasteiger partial charge in [-0.25, -0.2) is 4.68 Å². The minimum atomic E-state index is 0.645. The van der Waals surface area contributed by atoms with E-state index in [1.54, 1.807) is 0 Å². The van der Waals surface area contributed by atoms with Gasteiger partial charge in [-0.05, 0) is 37.0 Å². The van der Waals surface area contributed by atoms with Crippen molar-refractivity contribution in [1.29, 1.82) is 0 Å². The Kier molecular flexibility index (Phi) is 4.97. The van der Waals surface area contributed by atoms with Crippen LogP contribution in [-0.4, -0.2) is 33.0 Å². The van der Waals surface area contributed by atoms with Gasteiger partial charge in [0.15, 0.2) is 0 Å². The fourth-order valence-electron chi connectivity index (χ4n) is 2.89. The van der Waals surface area contributed by atoms with Crippen molar-refractivity contribution < 1.29 is 0 Å². The molecule has 2 heterocycles. The highest BCUT2D eigenvalue weighted by molar-refractivity contribution is 4.93. The van der Waals surface area contributed by atoms with Gasteiger partial charge in [-0.1, -0.05) is 32.9 Å². The molecule has 0 unspecified atom stereocenters. The van der Waals surface area contributed by atoms with E-state index in [1.165, 1.54) is 25.9 Å². The molecular formula is C15H28N4. The third-order valence-corrected chi connectivity index (χ3v) is 4.12. The van der Waals surface area contributed by atoms with Crippen LogP contribution in [0.15, 0.2) is 6.20 Å². The summed E-state index contributed by atoms with van der Waals surface area (Å²) >= 11 is 0. The lowest BCUT2D eigenvalue weighted by molar-refractivity contribution is 0.121. The highest BCUT2D eigenvalue weighted by atomic mass is 15.5. The van der Waals surface area contributed by atoms with Gasteiger partial charge in [0.05, 0.1) is 12.4 Å². The summed E-state index contributed by atoms with van der Waals surface area (Å²) < 4.78 is 1.99. The number of aromatic nitrogens is 3. The predicted molar refractivity (Wildman–Crippen MR) is 77.7 cm³/mol. The molecule has 0 bridgehead atoms. The van der Waals surface area contributed by atoms with Gasteiger partial charge in [0.25, 0.3) is 0 Å². The first-order valence-electron chi connectivity index (χ1n) is 7.66. The molecule has 0 spiro atoms. The average molecular weight is 264 g/mol. The summed E-state index contributed by atoms with van der Waals surface area (Å²) in [6.07, 6.45) is 5.78. The Morgan fingerprint density at radius 1 is 1.21 bits per heavy atom. The van der Waals surface area contributed by atoms with Crippen LogP contribution < -0.4 is 0 Å². The Hall–Kier alpha value is -0.900. The Morgan fingerprint density at radius 3 is 2.47 bits per heavy atom. The summed E-state index contributed by atoms with van der Waals surface area (Å²) in [4.78, 5) is 2.49. The van der Waals surface area contributed by atoms with Crippen LogP contribution in [0.3, 0.4) is 0 Å². The van der Waals surface area contributed by atoms with E-state index in [-0.39, 0.29) is 0 Å². The predicted octanol–water partition coefficient (Wildman–Crippen LogP) is 2.80. The molecule has 1 fully saturated rings. The molecule has 1 aliphatic heterocycles. The number of hydrogen-bond acceptors (Lipinski definition) is 3. The monoisotopic (exact) mass is 264 g/mol. The van der Waals surface area contributed by atoms with E-state index in [1.807, 2.05) is 4.68 Å². The largest absolute Gasteiger partial charge is 0.284 e. The molecule has 0 aromatic carbocycles. The minimum absolute atomic E-state index is 0.645. The smallest absolute Gasteiger partial charge is 0.0946 e. The number of likely N-dealkylation sites (tertiary alicyclic amines) is 1. The molecule has 1 saturated heterocycles. The zero-order chi connectivity index (χ0) is 13.8. The zero-order valence-corrected chi connectivity index (χ0v) is 12.8. The van der Waals surface area contributed by atoms with Gasteiger partial charge in [-0.3, -0.25) is 4.90 Å².